The summed E-state index contributed by atoms with van der Waals surface area (Å²) in [5.74, 6) is -0.335. The van der Waals surface area contributed by atoms with E-state index in [0.717, 1.165) is 13.0 Å². The smallest absolute Gasteiger partial charge is 0.323 e. The second-order valence-corrected chi connectivity index (χ2v) is 4.93. The Morgan fingerprint density at radius 2 is 1.89 bits per heavy atom. The molecule has 5 nitrogen and oxygen atoms in total. The number of urea groups is 1. The highest BCUT2D eigenvalue weighted by molar-refractivity contribution is 5.80. The second-order valence-electron chi connectivity index (χ2n) is 4.93. The molecule has 0 aromatic rings. The fourth-order valence-corrected chi connectivity index (χ4v) is 2.21. The van der Waals surface area contributed by atoms with Crippen LogP contribution < -0.4 is 0 Å². The first-order valence-corrected chi connectivity index (χ1v) is 6.84. The summed E-state index contributed by atoms with van der Waals surface area (Å²) in [6.45, 7) is 5.62. The third-order valence-electron chi connectivity index (χ3n) is 3.45. The van der Waals surface area contributed by atoms with Gasteiger partial charge < -0.3 is 14.9 Å². The summed E-state index contributed by atoms with van der Waals surface area (Å²) < 4.78 is 0. The number of hydrogen-bond donors (Lipinski definition) is 1. The van der Waals surface area contributed by atoms with Crippen molar-refractivity contribution in [2.45, 2.75) is 39.5 Å². The Labute approximate surface area is 109 Å². The molecule has 0 unspecified atom stereocenters. The molecule has 0 aliphatic heterocycles. The van der Waals surface area contributed by atoms with Crippen LogP contribution in [-0.4, -0.2) is 53.1 Å². The monoisotopic (exact) mass is 256 g/mol. The summed E-state index contributed by atoms with van der Waals surface area (Å²) in [4.78, 5) is 26.3. The topological polar surface area (TPSA) is 60.9 Å². The van der Waals surface area contributed by atoms with E-state index in [1.54, 1.807) is 4.90 Å². The number of carbonyl (C=O) groups is 2. The van der Waals surface area contributed by atoms with Gasteiger partial charge in [-0.15, -0.1) is 0 Å². The average molecular weight is 256 g/mol. The number of nitrogens with zero attached hydrogens (tertiary/aromatic N) is 2. The van der Waals surface area contributed by atoms with E-state index in [1.807, 2.05) is 13.8 Å². The molecule has 0 aromatic heterocycles. The Bertz CT molecular complexity index is 290. The molecule has 104 valence electrons. The largest absolute Gasteiger partial charge is 0.480 e. The van der Waals surface area contributed by atoms with Crippen LogP contribution in [0.2, 0.25) is 0 Å². The number of carboxylic acids is 1. The lowest BCUT2D eigenvalue weighted by molar-refractivity contribution is -0.137. The van der Waals surface area contributed by atoms with Gasteiger partial charge in [0.15, 0.2) is 0 Å². The van der Waals surface area contributed by atoms with Gasteiger partial charge in [-0.1, -0.05) is 13.3 Å². The van der Waals surface area contributed by atoms with E-state index in [2.05, 4.69) is 0 Å². The zero-order valence-electron chi connectivity index (χ0n) is 11.4. The predicted molar refractivity (Wildman–Crippen MR) is 69.5 cm³/mol. The van der Waals surface area contributed by atoms with Gasteiger partial charge in [-0.25, -0.2) is 4.79 Å². The molecule has 1 aliphatic carbocycles. The van der Waals surface area contributed by atoms with Crippen molar-refractivity contribution in [3.05, 3.63) is 0 Å². The van der Waals surface area contributed by atoms with Crippen LogP contribution in [0.4, 0.5) is 4.79 Å². The summed E-state index contributed by atoms with van der Waals surface area (Å²) in [5.41, 5.74) is 0. The van der Waals surface area contributed by atoms with Crippen LogP contribution in [0.5, 0.6) is 0 Å². The molecular formula is C13H24N2O3. The zero-order chi connectivity index (χ0) is 13.5. The van der Waals surface area contributed by atoms with E-state index in [4.69, 9.17) is 5.11 Å². The molecule has 5 heteroatoms. The van der Waals surface area contributed by atoms with E-state index < -0.39 is 5.97 Å². The number of amides is 2. The van der Waals surface area contributed by atoms with E-state index in [-0.39, 0.29) is 12.6 Å². The van der Waals surface area contributed by atoms with Gasteiger partial charge in [0.05, 0.1) is 0 Å². The molecule has 1 fully saturated rings. The lowest BCUT2D eigenvalue weighted by Crippen LogP contribution is -2.47. The molecular weight excluding hydrogens is 232 g/mol. The fraction of sp³-hybridized carbons (Fsp3) is 0.846. The summed E-state index contributed by atoms with van der Waals surface area (Å²) >= 11 is 0. The number of carbonyl (C=O) groups excluding carboxylic acids is 1. The van der Waals surface area contributed by atoms with Gasteiger partial charge in [0.1, 0.15) is 6.54 Å². The Hall–Kier alpha value is -1.26. The van der Waals surface area contributed by atoms with Crippen LogP contribution in [0.15, 0.2) is 0 Å². The van der Waals surface area contributed by atoms with Gasteiger partial charge in [-0.05, 0) is 32.1 Å². The maximum atomic E-state index is 12.3. The van der Waals surface area contributed by atoms with Crippen molar-refractivity contribution >= 4 is 12.0 Å². The van der Waals surface area contributed by atoms with Gasteiger partial charge in [0.25, 0.3) is 0 Å². The normalized spacial score (nSPS) is 15.0. The van der Waals surface area contributed by atoms with E-state index >= 15 is 0 Å². The van der Waals surface area contributed by atoms with Crippen LogP contribution in [-0.2, 0) is 4.79 Å². The molecule has 2 amide bonds. The average Bonchev–Trinajstić information content (AvgIpc) is 2.26. The molecule has 1 rings (SSSR count). The lowest BCUT2D eigenvalue weighted by atomic mass is 9.85. The molecule has 18 heavy (non-hydrogen) atoms. The standard InChI is InChI=1S/C13H24N2O3/c1-3-8-15(10-12(16)17)13(18)14(4-2)9-11-6-5-7-11/h11H,3-10H2,1-2H3,(H,16,17). The third kappa shape index (κ3) is 4.20. The molecule has 0 spiro atoms. The van der Waals surface area contributed by atoms with Crippen molar-refractivity contribution in [3.63, 3.8) is 0 Å². The van der Waals surface area contributed by atoms with Gasteiger partial charge in [-0.3, -0.25) is 4.79 Å². The highest BCUT2D eigenvalue weighted by Crippen LogP contribution is 2.27. The number of carboxylic acid groups (broad SMARTS) is 1. The first-order valence-electron chi connectivity index (χ1n) is 6.84. The van der Waals surface area contributed by atoms with Crippen LogP contribution in [0, 0.1) is 5.92 Å². The van der Waals surface area contributed by atoms with Crippen molar-refractivity contribution < 1.29 is 14.7 Å². The fourth-order valence-electron chi connectivity index (χ4n) is 2.21. The highest BCUT2D eigenvalue weighted by Gasteiger charge is 2.26. The molecule has 0 radical (unpaired) electrons. The van der Waals surface area contributed by atoms with Crippen molar-refractivity contribution in [1.29, 1.82) is 0 Å². The zero-order valence-corrected chi connectivity index (χ0v) is 11.4. The van der Waals surface area contributed by atoms with Gasteiger partial charge in [0, 0.05) is 19.6 Å². The van der Waals surface area contributed by atoms with E-state index in [9.17, 15) is 9.59 Å². The van der Waals surface area contributed by atoms with E-state index in [1.165, 1.54) is 24.2 Å². The minimum atomic E-state index is -0.948. The summed E-state index contributed by atoms with van der Waals surface area (Å²) in [6.07, 6.45) is 4.41. The number of aliphatic carboxylic acids is 1. The highest BCUT2D eigenvalue weighted by atomic mass is 16.4. The minimum absolute atomic E-state index is 0.131. The molecule has 1 N–H and O–H groups in total. The molecule has 0 heterocycles. The molecule has 0 atom stereocenters. The predicted octanol–water partition coefficient (Wildman–Crippen LogP) is 2.02. The SMILES string of the molecule is CCCN(CC(=O)O)C(=O)N(CC)CC1CCC1. The molecule has 1 aliphatic rings. The Morgan fingerprint density at radius 1 is 1.22 bits per heavy atom. The molecule has 0 saturated heterocycles. The summed E-state index contributed by atoms with van der Waals surface area (Å²) in [5, 5.41) is 8.84. The van der Waals surface area contributed by atoms with Crippen LogP contribution in [0.3, 0.4) is 0 Å². The number of hydrogen-bond acceptors (Lipinski definition) is 2. The van der Waals surface area contributed by atoms with Crippen molar-refractivity contribution in [2.24, 2.45) is 5.92 Å². The van der Waals surface area contributed by atoms with Crippen LogP contribution in [0.25, 0.3) is 0 Å². The first kappa shape index (κ1) is 14.8. The van der Waals surface area contributed by atoms with Crippen LogP contribution in [0.1, 0.15) is 39.5 Å². The molecule has 0 bridgehead atoms. The molecule has 1 saturated carbocycles. The van der Waals surface area contributed by atoms with Crippen molar-refractivity contribution in [1.82, 2.24) is 9.80 Å². The maximum absolute atomic E-state index is 12.3. The Morgan fingerprint density at radius 3 is 2.28 bits per heavy atom. The maximum Gasteiger partial charge on any atom is 0.323 e. The van der Waals surface area contributed by atoms with Crippen molar-refractivity contribution in [2.75, 3.05) is 26.2 Å². The van der Waals surface area contributed by atoms with E-state index in [0.29, 0.717) is 19.0 Å². The number of rotatable bonds is 7. The minimum Gasteiger partial charge on any atom is -0.480 e. The summed E-state index contributed by atoms with van der Waals surface area (Å²) in [7, 11) is 0. The first-order chi connectivity index (χ1) is 8.58. The quantitative estimate of drug-likeness (QED) is 0.758. The Balaban J connectivity index is 2.55. The van der Waals surface area contributed by atoms with Gasteiger partial charge in [0.2, 0.25) is 0 Å². The Kier molecular flexibility index (Phi) is 5.95. The molecule has 0 aromatic carbocycles. The van der Waals surface area contributed by atoms with Crippen molar-refractivity contribution in [3.8, 4) is 0 Å². The third-order valence-corrected chi connectivity index (χ3v) is 3.45. The second kappa shape index (κ2) is 7.24. The lowest BCUT2D eigenvalue weighted by Gasteiger charge is -2.34. The van der Waals surface area contributed by atoms with Crippen LogP contribution >= 0.6 is 0 Å². The van der Waals surface area contributed by atoms with Gasteiger partial charge in [-0.2, -0.15) is 0 Å². The van der Waals surface area contributed by atoms with Gasteiger partial charge >= 0.3 is 12.0 Å². The summed E-state index contributed by atoms with van der Waals surface area (Å²) in [6, 6.07) is -0.131.